The molecule has 0 radical (unpaired) electrons. The summed E-state index contributed by atoms with van der Waals surface area (Å²) in [6, 6.07) is 5.61. The largest absolute Gasteiger partial charge is 0.497 e. The second-order valence-electron chi connectivity index (χ2n) is 3.47. The van der Waals surface area contributed by atoms with Gasteiger partial charge in [0.25, 0.3) is 0 Å². The highest BCUT2D eigenvalue weighted by Crippen LogP contribution is 2.19. The predicted molar refractivity (Wildman–Crippen MR) is 57.3 cm³/mol. The summed E-state index contributed by atoms with van der Waals surface area (Å²) in [6.07, 6.45) is 0.224. The van der Waals surface area contributed by atoms with Crippen LogP contribution in [0.4, 0.5) is 5.69 Å². The Morgan fingerprint density at radius 3 is 2.57 bits per heavy atom. The number of rotatable bonds is 4. The molecule has 0 amide bonds. The van der Waals surface area contributed by atoms with Gasteiger partial charge in [-0.3, -0.25) is 0 Å². The van der Waals surface area contributed by atoms with Gasteiger partial charge in [-0.05, 0) is 31.5 Å². The van der Waals surface area contributed by atoms with E-state index in [-0.39, 0.29) is 6.10 Å². The van der Waals surface area contributed by atoms with Crippen LogP contribution in [0.15, 0.2) is 18.2 Å². The molecule has 1 aromatic carbocycles. The van der Waals surface area contributed by atoms with E-state index in [1.807, 2.05) is 26.0 Å². The Hall–Kier alpha value is -1.22. The van der Waals surface area contributed by atoms with Crippen molar-refractivity contribution in [2.24, 2.45) is 0 Å². The van der Waals surface area contributed by atoms with Crippen LogP contribution in [0.25, 0.3) is 0 Å². The Morgan fingerprint density at radius 2 is 2.00 bits per heavy atom. The molecule has 0 atom stereocenters. The first kappa shape index (κ1) is 10.9. The van der Waals surface area contributed by atoms with Crippen LogP contribution in [0.1, 0.15) is 19.4 Å². The van der Waals surface area contributed by atoms with Crippen LogP contribution in [0, 0.1) is 0 Å². The van der Waals surface area contributed by atoms with Crippen LogP contribution >= 0.6 is 0 Å². The lowest BCUT2D eigenvalue weighted by Gasteiger charge is -2.09. The Kier molecular flexibility index (Phi) is 3.77. The summed E-state index contributed by atoms with van der Waals surface area (Å²) in [5.74, 6) is 0.771. The van der Waals surface area contributed by atoms with Crippen molar-refractivity contribution in [1.29, 1.82) is 0 Å². The number of methoxy groups -OCH3 is 1. The van der Waals surface area contributed by atoms with Crippen LogP contribution in [-0.4, -0.2) is 13.2 Å². The van der Waals surface area contributed by atoms with Crippen molar-refractivity contribution in [3.05, 3.63) is 23.8 Å². The summed E-state index contributed by atoms with van der Waals surface area (Å²) >= 11 is 0. The number of anilines is 1. The smallest absolute Gasteiger partial charge is 0.121 e. The van der Waals surface area contributed by atoms with E-state index in [0.717, 1.165) is 11.3 Å². The molecule has 3 heteroatoms. The fraction of sp³-hybridized carbons (Fsp3) is 0.455. The molecule has 0 aliphatic heterocycles. The lowest BCUT2D eigenvalue weighted by molar-refractivity contribution is 0.0656. The Morgan fingerprint density at radius 1 is 1.29 bits per heavy atom. The van der Waals surface area contributed by atoms with Crippen molar-refractivity contribution in [2.45, 2.75) is 26.6 Å². The average Bonchev–Trinajstić information content (AvgIpc) is 2.14. The summed E-state index contributed by atoms with van der Waals surface area (Å²) in [5, 5.41) is 0. The van der Waals surface area contributed by atoms with Gasteiger partial charge in [-0.15, -0.1) is 0 Å². The van der Waals surface area contributed by atoms with Gasteiger partial charge in [0.05, 0.1) is 19.8 Å². The van der Waals surface area contributed by atoms with Crippen LogP contribution in [-0.2, 0) is 11.3 Å². The van der Waals surface area contributed by atoms with Gasteiger partial charge in [-0.2, -0.15) is 0 Å². The number of hydrogen-bond acceptors (Lipinski definition) is 3. The van der Waals surface area contributed by atoms with Crippen LogP contribution in [0.2, 0.25) is 0 Å². The zero-order valence-corrected chi connectivity index (χ0v) is 8.91. The normalized spacial score (nSPS) is 10.6. The number of hydrogen-bond donors (Lipinski definition) is 1. The van der Waals surface area contributed by atoms with Crippen LogP contribution in [0.5, 0.6) is 5.75 Å². The van der Waals surface area contributed by atoms with E-state index >= 15 is 0 Å². The summed E-state index contributed by atoms with van der Waals surface area (Å²) in [5.41, 5.74) is 7.44. The lowest BCUT2D eigenvalue weighted by atomic mass is 10.2. The van der Waals surface area contributed by atoms with Crippen molar-refractivity contribution in [3.63, 3.8) is 0 Å². The highest BCUT2D eigenvalue weighted by molar-refractivity contribution is 5.47. The molecule has 14 heavy (non-hydrogen) atoms. The maximum absolute atomic E-state index is 5.71. The molecule has 3 nitrogen and oxygen atoms in total. The molecule has 0 heterocycles. The molecule has 0 spiro atoms. The zero-order valence-electron chi connectivity index (χ0n) is 8.91. The van der Waals surface area contributed by atoms with E-state index in [2.05, 4.69) is 0 Å². The Balaban J connectivity index is 2.71. The molecule has 0 fully saturated rings. The van der Waals surface area contributed by atoms with Crippen molar-refractivity contribution < 1.29 is 9.47 Å². The molecule has 0 aliphatic carbocycles. The molecule has 1 rings (SSSR count). The second kappa shape index (κ2) is 4.86. The van der Waals surface area contributed by atoms with E-state index in [0.29, 0.717) is 12.3 Å². The van der Waals surface area contributed by atoms with Gasteiger partial charge in [-0.25, -0.2) is 0 Å². The molecule has 1 aromatic rings. The van der Waals surface area contributed by atoms with E-state index < -0.39 is 0 Å². The van der Waals surface area contributed by atoms with E-state index in [1.54, 1.807) is 13.2 Å². The number of nitrogen functional groups attached to an aromatic ring is 1. The first-order chi connectivity index (χ1) is 6.61. The lowest BCUT2D eigenvalue weighted by Crippen LogP contribution is -2.03. The van der Waals surface area contributed by atoms with Gasteiger partial charge in [0, 0.05) is 11.8 Å². The first-order valence-corrected chi connectivity index (χ1v) is 4.67. The fourth-order valence-electron chi connectivity index (χ4n) is 1.15. The molecular weight excluding hydrogens is 178 g/mol. The summed E-state index contributed by atoms with van der Waals surface area (Å²) in [6.45, 7) is 4.58. The standard InChI is InChI=1S/C11H17NO2/c1-8(2)14-7-9-4-10(12)6-11(5-9)13-3/h4-6,8H,7,12H2,1-3H3. The van der Waals surface area contributed by atoms with Gasteiger partial charge in [0.2, 0.25) is 0 Å². The zero-order chi connectivity index (χ0) is 10.6. The maximum Gasteiger partial charge on any atom is 0.121 e. The number of benzene rings is 1. The fourth-order valence-corrected chi connectivity index (χ4v) is 1.15. The maximum atomic E-state index is 5.71. The van der Waals surface area contributed by atoms with E-state index in [4.69, 9.17) is 15.2 Å². The van der Waals surface area contributed by atoms with Gasteiger partial charge >= 0.3 is 0 Å². The molecule has 0 aromatic heterocycles. The van der Waals surface area contributed by atoms with E-state index in [1.165, 1.54) is 0 Å². The van der Waals surface area contributed by atoms with Crippen molar-refractivity contribution in [2.75, 3.05) is 12.8 Å². The Bertz CT molecular complexity index is 297. The highest BCUT2D eigenvalue weighted by Gasteiger charge is 2.00. The highest BCUT2D eigenvalue weighted by atomic mass is 16.5. The monoisotopic (exact) mass is 195 g/mol. The van der Waals surface area contributed by atoms with Crippen molar-refractivity contribution >= 4 is 5.69 Å². The van der Waals surface area contributed by atoms with Gasteiger partial charge in [0.15, 0.2) is 0 Å². The minimum Gasteiger partial charge on any atom is -0.497 e. The number of nitrogens with two attached hydrogens (primary N) is 1. The van der Waals surface area contributed by atoms with Gasteiger partial charge < -0.3 is 15.2 Å². The first-order valence-electron chi connectivity index (χ1n) is 4.67. The molecule has 0 saturated heterocycles. The molecule has 0 saturated carbocycles. The van der Waals surface area contributed by atoms with E-state index in [9.17, 15) is 0 Å². The molecular formula is C11H17NO2. The topological polar surface area (TPSA) is 44.5 Å². The molecule has 0 bridgehead atoms. The average molecular weight is 195 g/mol. The molecule has 2 N–H and O–H groups in total. The molecule has 0 aliphatic rings. The van der Waals surface area contributed by atoms with Crippen LogP contribution < -0.4 is 10.5 Å². The third kappa shape index (κ3) is 3.26. The third-order valence-electron chi connectivity index (χ3n) is 1.81. The SMILES string of the molecule is COc1cc(N)cc(COC(C)C)c1. The van der Waals surface area contributed by atoms with Gasteiger partial charge in [-0.1, -0.05) is 0 Å². The molecule has 0 unspecified atom stereocenters. The van der Waals surface area contributed by atoms with Crippen molar-refractivity contribution in [3.8, 4) is 5.75 Å². The third-order valence-corrected chi connectivity index (χ3v) is 1.81. The summed E-state index contributed by atoms with van der Waals surface area (Å²) < 4.78 is 10.6. The van der Waals surface area contributed by atoms with Crippen molar-refractivity contribution in [1.82, 2.24) is 0 Å². The predicted octanol–water partition coefficient (Wildman–Crippen LogP) is 2.20. The molecule has 78 valence electrons. The second-order valence-corrected chi connectivity index (χ2v) is 3.47. The summed E-state index contributed by atoms with van der Waals surface area (Å²) in [4.78, 5) is 0. The summed E-state index contributed by atoms with van der Waals surface area (Å²) in [7, 11) is 1.63. The van der Waals surface area contributed by atoms with Gasteiger partial charge in [0.1, 0.15) is 5.75 Å². The quantitative estimate of drug-likeness (QED) is 0.749. The van der Waals surface area contributed by atoms with Crippen LogP contribution in [0.3, 0.4) is 0 Å². The number of ether oxygens (including phenoxy) is 2. The Labute approximate surface area is 84.8 Å². The minimum absolute atomic E-state index is 0.224. The minimum atomic E-state index is 0.224.